The third-order valence-corrected chi connectivity index (χ3v) is 4.30. The first-order valence-electron chi connectivity index (χ1n) is 6.26. The number of nitrogens with one attached hydrogen (secondary N) is 1. The van der Waals surface area contributed by atoms with Crippen molar-refractivity contribution in [3.05, 3.63) is 38.7 Å². The summed E-state index contributed by atoms with van der Waals surface area (Å²) in [7, 11) is 0. The molecule has 1 fully saturated rings. The van der Waals surface area contributed by atoms with Crippen LogP contribution in [0.2, 0.25) is 0 Å². The molecule has 1 aliphatic heterocycles. The smallest absolute Gasteiger partial charge is 0.330 e. The van der Waals surface area contributed by atoms with Crippen LogP contribution in [0.25, 0.3) is 6.08 Å². The molecule has 1 aliphatic rings. The number of halogens is 1. The molecule has 120 valence electrons. The molecule has 1 aromatic rings. The Kier molecular flexibility index (Phi) is 4.96. The third kappa shape index (κ3) is 3.19. The van der Waals surface area contributed by atoms with E-state index >= 15 is 0 Å². The molecule has 1 aromatic heterocycles. The number of aromatic nitrogens is 2. The third-order valence-electron chi connectivity index (χ3n) is 3.16. The molecule has 10 heteroatoms. The lowest BCUT2D eigenvalue weighted by atomic mass is 10.2. The largest absolute Gasteiger partial charge is 0.394 e. The average Bonchev–Trinajstić information content (AvgIpc) is 2.74. The number of carbonyl (C=O) groups excluding carboxylic acids is 1. The van der Waals surface area contributed by atoms with Crippen LogP contribution in [0.4, 0.5) is 0 Å². The van der Waals surface area contributed by atoms with Crippen LogP contribution in [0.5, 0.6) is 0 Å². The van der Waals surface area contributed by atoms with Crippen molar-refractivity contribution < 1.29 is 19.7 Å². The highest BCUT2D eigenvalue weighted by Crippen LogP contribution is 2.32. The fraction of sp³-hybridized carbons (Fsp3) is 0.417. The van der Waals surface area contributed by atoms with Gasteiger partial charge < -0.3 is 20.7 Å². The maximum atomic E-state index is 11.9. The van der Waals surface area contributed by atoms with Crippen LogP contribution < -0.4 is 17.0 Å². The quantitative estimate of drug-likeness (QED) is 0.355. The fourth-order valence-corrected chi connectivity index (χ4v) is 2.62. The lowest BCUT2D eigenvalue weighted by Gasteiger charge is -2.17. The summed E-state index contributed by atoms with van der Waals surface area (Å²) in [5.74, 6) is -0.754. The van der Waals surface area contributed by atoms with Crippen molar-refractivity contribution in [1.29, 1.82) is 0 Å². The number of hydrogen-bond donors (Lipinski definition) is 4. The number of aliphatic hydroxyl groups excluding tert-OH is 2. The molecule has 2 heterocycles. The van der Waals surface area contributed by atoms with Gasteiger partial charge in [0.05, 0.1) is 23.1 Å². The van der Waals surface area contributed by atoms with E-state index in [1.807, 2.05) is 0 Å². The van der Waals surface area contributed by atoms with Crippen LogP contribution in [-0.4, -0.2) is 49.3 Å². The van der Waals surface area contributed by atoms with Crippen molar-refractivity contribution in [3.63, 3.8) is 0 Å². The summed E-state index contributed by atoms with van der Waals surface area (Å²) in [4.78, 5) is 35.8. The molecule has 0 unspecified atom stereocenters. The maximum absolute atomic E-state index is 11.9. The highest BCUT2D eigenvalue weighted by atomic mass is 79.9. The number of alkyl halides is 1. The molecule has 5 N–H and O–H groups in total. The second-order valence-electron chi connectivity index (χ2n) is 4.67. The molecule has 0 spiro atoms. The van der Waals surface area contributed by atoms with Crippen LogP contribution in [0.3, 0.4) is 0 Å². The number of rotatable bonds is 4. The minimum atomic E-state index is -1.12. The summed E-state index contributed by atoms with van der Waals surface area (Å²) in [6.07, 6.45) is 0.347. The standard InChI is InChI=1S/C12H14BrN3O6/c13-8-6(4-17)22-11(9(8)19)16-3-5(1-2-7(14)18)10(20)15-12(16)21/h1-3,6,8-9,11,17,19H,4H2,(H2,14,18)(H,15,20,21)/t6-,8+,9-,11-/m1/s1. The summed E-state index contributed by atoms with van der Waals surface area (Å²) in [5.41, 5.74) is 3.45. The molecular weight excluding hydrogens is 362 g/mol. The lowest BCUT2D eigenvalue weighted by Crippen LogP contribution is -2.37. The van der Waals surface area contributed by atoms with E-state index in [1.165, 1.54) is 0 Å². The normalized spacial score (nSPS) is 28.3. The van der Waals surface area contributed by atoms with Gasteiger partial charge in [0.2, 0.25) is 5.91 Å². The second-order valence-corrected chi connectivity index (χ2v) is 5.73. The van der Waals surface area contributed by atoms with Crippen LogP contribution >= 0.6 is 15.9 Å². The van der Waals surface area contributed by atoms with Crippen molar-refractivity contribution >= 4 is 27.9 Å². The van der Waals surface area contributed by atoms with Gasteiger partial charge in [-0.2, -0.15) is 0 Å². The van der Waals surface area contributed by atoms with Gasteiger partial charge in [-0.3, -0.25) is 19.1 Å². The number of amides is 1. The summed E-state index contributed by atoms with van der Waals surface area (Å²) >= 11 is 3.18. The number of aromatic amines is 1. The van der Waals surface area contributed by atoms with E-state index in [9.17, 15) is 19.5 Å². The number of primary amides is 1. The van der Waals surface area contributed by atoms with Gasteiger partial charge in [0, 0.05) is 12.3 Å². The molecular formula is C12H14BrN3O6. The molecule has 0 radical (unpaired) electrons. The SMILES string of the molecule is NC(=O)C=Cc1cn([C@@H]2O[C@H](CO)[C@H](Br)[C@H]2O)c(=O)[nH]c1=O. The number of aliphatic hydroxyl groups is 2. The van der Waals surface area contributed by atoms with Gasteiger partial charge in [-0.25, -0.2) is 4.79 Å². The second kappa shape index (κ2) is 6.57. The predicted octanol–water partition coefficient (Wildman–Crippen LogP) is -1.95. The zero-order valence-corrected chi connectivity index (χ0v) is 12.8. The molecule has 0 aromatic carbocycles. The van der Waals surface area contributed by atoms with E-state index in [-0.39, 0.29) is 12.2 Å². The first kappa shape index (κ1) is 16.6. The maximum Gasteiger partial charge on any atom is 0.330 e. The van der Waals surface area contributed by atoms with E-state index in [2.05, 4.69) is 20.9 Å². The van der Waals surface area contributed by atoms with Crippen molar-refractivity contribution in [2.45, 2.75) is 23.3 Å². The number of nitrogens with zero attached hydrogens (tertiary/aromatic N) is 1. The van der Waals surface area contributed by atoms with E-state index in [0.717, 1.165) is 22.9 Å². The highest BCUT2D eigenvalue weighted by molar-refractivity contribution is 9.09. The molecule has 1 saturated heterocycles. The van der Waals surface area contributed by atoms with Gasteiger partial charge in [-0.1, -0.05) is 15.9 Å². The van der Waals surface area contributed by atoms with E-state index < -0.39 is 40.4 Å². The van der Waals surface area contributed by atoms with Gasteiger partial charge in [-0.15, -0.1) is 0 Å². The molecule has 4 atom stereocenters. The van der Waals surface area contributed by atoms with E-state index in [0.29, 0.717) is 0 Å². The number of ether oxygens (including phenoxy) is 1. The van der Waals surface area contributed by atoms with Crippen LogP contribution in [0.15, 0.2) is 21.9 Å². The molecule has 2 rings (SSSR count). The van der Waals surface area contributed by atoms with Gasteiger partial charge >= 0.3 is 5.69 Å². The molecule has 9 nitrogen and oxygen atoms in total. The Hall–Kier alpha value is -1.75. The molecule has 22 heavy (non-hydrogen) atoms. The van der Waals surface area contributed by atoms with Gasteiger partial charge in [0.15, 0.2) is 6.23 Å². The lowest BCUT2D eigenvalue weighted by molar-refractivity contribution is -0.113. The summed E-state index contributed by atoms with van der Waals surface area (Å²) in [6.45, 7) is -0.351. The minimum absolute atomic E-state index is 0.00669. The van der Waals surface area contributed by atoms with Gasteiger partial charge in [0.25, 0.3) is 5.56 Å². The van der Waals surface area contributed by atoms with Crippen molar-refractivity contribution in [2.75, 3.05) is 6.61 Å². The Morgan fingerprint density at radius 3 is 2.77 bits per heavy atom. The molecule has 0 aliphatic carbocycles. The minimum Gasteiger partial charge on any atom is -0.394 e. The first-order chi connectivity index (χ1) is 10.3. The first-order valence-corrected chi connectivity index (χ1v) is 7.18. The van der Waals surface area contributed by atoms with Gasteiger partial charge in [0.1, 0.15) is 6.10 Å². The number of hydrogen-bond acceptors (Lipinski definition) is 6. The van der Waals surface area contributed by atoms with Crippen LogP contribution in [0.1, 0.15) is 11.8 Å². The monoisotopic (exact) mass is 375 g/mol. The van der Waals surface area contributed by atoms with Crippen LogP contribution in [0, 0.1) is 0 Å². The highest BCUT2D eigenvalue weighted by Gasteiger charge is 2.43. The number of H-pyrrole nitrogens is 1. The zero-order valence-electron chi connectivity index (χ0n) is 11.2. The topological polar surface area (TPSA) is 148 Å². The Morgan fingerprint density at radius 2 is 2.23 bits per heavy atom. The van der Waals surface area contributed by atoms with Crippen molar-refractivity contribution in [2.24, 2.45) is 5.73 Å². The summed E-state index contributed by atoms with van der Waals surface area (Å²) in [5, 5.41) is 19.2. The number of carbonyl (C=O) groups is 1. The Labute approximate surface area is 132 Å². The Bertz CT molecular complexity index is 712. The van der Waals surface area contributed by atoms with Crippen molar-refractivity contribution in [3.8, 4) is 0 Å². The summed E-state index contributed by atoms with van der Waals surface area (Å²) < 4.78 is 6.38. The molecule has 0 saturated carbocycles. The summed E-state index contributed by atoms with van der Waals surface area (Å²) in [6, 6.07) is 0. The van der Waals surface area contributed by atoms with E-state index in [4.69, 9.17) is 15.6 Å². The Morgan fingerprint density at radius 1 is 1.55 bits per heavy atom. The molecule has 1 amide bonds. The van der Waals surface area contributed by atoms with Gasteiger partial charge in [-0.05, 0) is 6.08 Å². The average molecular weight is 376 g/mol. The Balaban J connectivity index is 2.44. The van der Waals surface area contributed by atoms with E-state index in [1.54, 1.807) is 0 Å². The molecule has 0 bridgehead atoms. The van der Waals surface area contributed by atoms with Crippen LogP contribution in [-0.2, 0) is 9.53 Å². The van der Waals surface area contributed by atoms with Crippen molar-refractivity contribution in [1.82, 2.24) is 9.55 Å². The fourth-order valence-electron chi connectivity index (χ4n) is 2.07. The zero-order chi connectivity index (χ0) is 16.4. The predicted molar refractivity (Wildman–Crippen MR) is 79.3 cm³/mol. The number of nitrogens with two attached hydrogens (primary N) is 1.